The van der Waals surface area contributed by atoms with E-state index < -0.39 is 11.9 Å². The van der Waals surface area contributed by atoms with E-state index in [1.807, 2.05) is 6.92 Å². The topological polar surface area (TPSA) is 63.6 Å². The normalized spacial score (nSPS) is 11.1. The van der Waals surface area contributed by atoms with Crippen molar-refractivity contribution in [3.8, 4) is 0 Å². The molecule has 0 fully saturated rings. The highest BCUT2D eigenvalue weighted by Crippen LogP contribution is 2.05. The Bertz CT molecular complexity index is 218. The van der Waals surface area contributed by atoms with Crippen LogP contribution in [0, 0.1) is 0 Å². The lowest BCUT2D eigenvalue weighted by Gasteiger charge is -2.03. The van der Waals surface area contributed by atoms with Gasteiger partial charge in [0.2, 0.25) is 0 Å². The van der Waals surface area contributed by atoms with Gasteiger partial charge in [-0.15, -0.1) is 0 Å². The summed E-state index contributed by atoms with van der Waals surface area (Å²) in [4.78, 5) is 21.5. The molecule has 4 heteroatoms. The van der Waals surface area contributed by atoms with Gasteiger partial charge in [-0.3, -0.25) is 4.79 Å². The molecule has 0 saturated heterocycles. The van der Waals surface area contributed by atoms with Gasteiger partial charge >= 0.3 is 11.9 Å². The van der Waals surface area contributed by atoms with Crippen molar-refractivity contribution in [1.29, 1.82) is 0 Å². The summed E-state index contributed by atoms with van der Waals surface area (Å²) in [5.74, 6) is -1.56. The molecule has 0 aliphatic rings. The Morgan fingerprint density at radius 1 is 1.38 bits per heavy atom. The Balaban J connectivity index is 4.33. The quantitative estimate of drug-likeness (QED) is 0.520. The third kappa shape index (κ3) is 5.00. The molecule has 0 heterocycles. The molecule has 0 spiro atoms. The highest BCUT2D eigenvalue weighted by atomic mass is 16.5. The van der Waals surface area contributed by atoms with Crippen molar-refractivity contribution in [2.75, 3.05) is 6.61 Å². The maximum absolute atomic E-state index is 11.1. The van der Waals surface area contributed by atoms with E-state index >= 15 is 0 Å². The summed E-state index contributed by atoms with van der Waals surface area (Å²) < 4.78 is 4.69. The Labute approximate surface area is 77.2 Å². The maximum atomic E-state index is 11.1. The summed E-state index contributed by atoms with van der Waals surface area (Å²) in [5, 5.41) is 8.48. The number of carboxylic acids is 1. The van der Waals surface area contributed by atoms with Crippen molar-refractivity contribution in [3.05, 3.63) is 11.6 Å². The van der Waals surface area contributed by atoms with Gasteiger partial charge in [0, 0.05) is 5.57 Å². The van der Waals surface area contributed by atoms with Gasteiger partial charge in [0.25, 0.3) is 0 Å². The zero-order valence-corrected chi connectivity index (χ0v) is 7.87. The summed E-state index contributed by atoms with van der Waals surface area (Å²) in [5.41, 5.74) is 0.219. The van der Waals surface area contributed by atoms with E-state index in [4.69, 9.17) is 5.11 Å². The van der Waals surface area contributed by atoms with Gasteiger partial charge in [0.1, 0.15) is 0 Å². The molecular formula is C9H14O4. The van der Waals surface area contributed by atoms with Crippen molar-refractivity contribution in [2.45, 2.75) is 26.7 Å². The van der Waals surface area contributed by atoms with Crippen molar-refractivity contribution < 1.29 is 19.4 Å². The summed E-state index contributed by atoms with van der Waals surface area (Å²) in [6.07, 6.45) is 1.93. The minimum Gasteiger partial charge on any atom is -0.481 e. The fourth-order valence-electron chi connectivity index (χ4n) is 0.861. The van der Waals surface area contributed by atoms with Gasteiger partial charge in [-0.2, -0.15) is 0 Å². The van der Waals surface area contributed by atoms with Gasteiger partial charge < -0.3 is 9.84 Å². The third-order valence-corrected chi connectivity index (χ3v) is 1.33. The second-order valence-corrected chi connectivity index (χ2v) is 2.43. The summed E-state index contributed by atoms with van der Waals surface area (Å²) in [7, 11) is 0. The highest BCUT2D eigenvalue weighted by molar-refractivity contribution is 5.93. The molecule has 0 aromatic heterocycles. The predicted molar refractivity (Wildman–Crippen MR) is 47.3 cm³/mol. The van der Waals surface area contributed by atoms with Crippen molar-refractivity contribution in [1.82, 2.24) is 0 Å². The SMILES string of the molecule is CCC=C(CC(=O)O)C(=O)OCC. The molecule has 0 amide bonds. The van der Waals surface area contributed by atoms with E-state index in [0.717, 1.165) is 0 Å². The minimum atomic E-state index is -1.02. The molecule has 0 aliphatic carbocycles. The van der Waals surface area contributed by atoms with Crippen LogP contribution < -0.4 is 0 Å². The average molecular weight is 186 g/mol. The lowest BCUT2D eigenvalue weighted by molar-refractivity contribution is -0.142. The zero-order chi connectivity index (χ0) is 10.3. The molecule has 0 saturated carbocycles. The van der Waals surface area contributed by atoms with Gasteiger partial charge in [0.15, 0.2) is 0 Å². The molecule has 0 aromatic carbocycles. The summed E-state index contributed by atoms with van der Waals surface area (Å²) >= 11 is 0. The fraction of sp³-hybridized carbons (Fsp3) is 0.556. The first-order valence-electron chi connectivity index (χ1n) is 4.19. The van der Waals surface area contributed by atoms with Gasteiger partial charge in [0.05, 0.1) is 13.0 Å². The smallest absolute Gasteiger partial charge is 0.334 e. The Hall–Kier alpha value is -1.32. The van der Waals surface area contributed by atoms with E-state index in [-0.39, 0.29) is 18.6 Å². The van der Waals surface area contributed by atoms with Crippen LogP contribution in [0.5, 0.6) is 0 Å². The Morgan fingerprint density at radius 2 is 2.00 bits per heavy atom. The number of carboxylic acid groups (broad SMARTS) is 1. The number of aliphatic carboxylic acids is 1. The van der Waals surface area contributed by atoms with Crippen LogP contribution in [0.3, 0.4) is 0 Å². The number of hydrogen-bond acceptors (Lipinski definition) is 3. The van der Waals surface area contributed by atoms with Gasteiger partial charge in [-0.1, -0.05) is 13.0 Å². The number of rotatable bonds is 5. The second-order valence-electron chi connectivity index (χ2n) is 2.43. The first kappa shape index (κ1) is 11.7. The first-order chi connectivity index (χ1) is 6.11. The number of hydrogen-bond donors (Lipinski definition) is 1. The molecule has 0 rings (SSSR count). The molecule has 0 aliphatic heterocycles. The van der Waals surface area contributed by atoms with Crippen molar-refractivity contribution in [3.63, 3.8) is 0 Å². The van der Waals surface area contributed by atoms with E-state index in [9.17, 15) is 9.59 Å². The minimum absolute atomic E-state index is 0.219. The Kier molecular flexibility index (Phi) is 5.59. The van der Waals surface area contributed by atoms with Crippen LogP contribution in [0.25, 0.3) is 0 Å². The molecule has 1 N–H and O–H groups in total. The molecule has 0 atom stereocenters. The average Bonchev–Trinajstić information content (AvgIpc) is 2.03. The highest BCUT2D eigenvalue weighted by Gasteiger charge is 2.13. The van der Waals surface area contributed by atoms with Crippen molar-refractivity contribution >= 4 is 11.9 Å². The molecule has 4 nitrogen and oxygen atoms in total. The summed E-state index contributed by atoms with van der Waals surface area (Å²) in [6.45, 7) is 3.78. The number of carbonyl (C=O) groups excluding carboxylic acids is 1. The third-order valence-electron chi connectivity index (χ3n) is 1.33. The monoisotopic (exact) mass is 186 g/mol. The lowest BCUT2D eigenvalue weighted by atomic mass is 10.1. The number of carbonyl (C=O) groups is 2. The van der Waals surface area contributed by atoms with Crippen LogP contribution in [0.2, 0.25) is 0 Å². The second kappa shape index (κ2) is 6.22. The number of allylic oxidation sites excluding steroid dienone is 1. The van der Waals surface area contributed by atoms with Crippen molar-refractivity contribution in [2.24, 2.45) is 0 Å². The lowest BCUT2D eigenvalue weighted by Crippen LogP contribution is -2.11. The van der Waals surface area contributed by atoms with Crippen LogP contribution in [0.1, 0.15) is 26.7 Å². The fourth-order valence-corrected chi connectivity index (χ4v) is 0.861. The molecule has 0 aromatic rings. The van der Waals surface area contributed by atoms with Gasteiger partial charge in [-0.25, -0.2) is 4.79 Å². The molecule has 13 heavy (non-hydrogen) atoms. The molecule has 0 radical (unpaired) electrons. The molecular weight excluding hydrogens is 172 g/mol. The maximum Gasteiger partial charge on any atom is 0.334 e. The van der Waals surface area contributed by atoms with Crippen LogP contribution in [-0.2, 0) is 14.3 Å². The Morgan fingerprint density at radius 3 is 2.38 bits per heavy atom. The van der Waals surface area contributed by atoms with E-state index in [1.165, 1.54) is 0 Å². The van der Waals surface area contributed by atoms with Crippen LogP contribution >= 0.6 is 0 Å². The van der Waals surface area contributed by atoms with Gasteiger partial charge in [-0.05, 0) is 13.3 Å². The van der Waals surface area contributed by atoms with Crippen LogP contribution in [0.15, 0.2) is 11.6 Å². The first-order valence-corrected chi connectivity index (χ1v) is 4.19. The van der Waals surface area contributed by atoms with Crippen LogP contribution in [0.4, 0.5) is 0 Å². The largest absolute Gasteiger partial charge is 0.481 e. The predicted octanol–water partition coefficient (Wildman–Crippen LogP) is 1.36. The zero-order valence-electron chi connectivity index (χ0n) is 7.87. The van der Waals surface area contributed by atoms with E-state index in [0.29, 0.717) is 6.42 Å². The molecule has 74 valence electrons. The molecule has 0 bridgehead atoms. The van der Waals surface area contributed by atoms with Crippen LogP contribution in [-0.4, -0.2) is 23.7 Å². The summed E-state index contributed by atoms with van der Waals surface area (Å²) in [6, 6.07) is 0. The van der Waals surface area contributed by atoms with E-state index in [2.05, 4.69) is 4.74 Å². The number of ether oxygens (including phenoxy) is 1. The number of esters is 1. The van der Waals surface area contributed by atoms with E-state index in [1.54, 1.807) is 13.0 Å². The molecule has 0 unspecified atom stereocenters. The standard InChI is InChI=1S/C9H14O4/c1-3-5-7(6-8(10)11)9(12)13-4-2/h5H,3-4,6H2,1-2H3,(H,10,11).